The summed E-state index contributed by atoms with van der Waals surface area (Å²) in [5.41, 5.74) is 3.07. The summed E-state index contributed by atoms with van der Waals surface area (Å²) in [7, 11) is 1.61. The first-order chi connectivity index (χ1) is 15.5. The number of amides is 1. The number of benzene rings is 3. The van der Waals surface area contributed by atoms with E-state index in [1.165, 1.54) is 0 Å². The number of nitrogens with zero attached hydrogens (tertiary/aromatic N) is 2. The number of halogens is 1. The second-order valence-electron chi connectivity index (χ2n) is 6.98. The van der Waals surface area contributed by atoms with Crippen molar-refractivity contribution >= 4 is 23.2 Å². The van der Waals surface area contributed by atoms with E-state index in [0.29, 0.717) is 28.2 Å². The van der Waals surface area contributed by atoms with Crippen LogP contribution in [-0.4, -0.2) is 29.8 Å². The van der Waals surface area contributed by atoms with Crippen LogP contribution < -0.4 is 14.8 Å². The molecule has 3 aromatic carbocycles. The van der Waals surface area contributed by atoms with Gasteiger partial charge in [-0.1, -0.05) is 16.8 Å². The fourth-order valence-electron chi connectivity index (χ4n) is 2.95. The molecule has 162 valence electrons. The molecule has 0 bridgehead atoms. The highest BCUT2D eigenvalue weighted by atomic mass is 35.5. The normalized spacial score (nSPS) is 10.6. The molecule has 0 aliphatic heterocycles. The van der Waals surface area contributed by atoms with Gasteiger partial charge in [0.25, 0.3) is 11.8 Å². The summed E-state index contributed by atoms with van der Waals surface area (Å²) >= 11 is 6.00. The molecule has 8 heteroatoms. The number of carbonyl (C=O) groups is 1. The lowest BCUT2D eigenvalue weighted by molar-refractivity contribution is -0.118. The van der Waals surface area contributed by atoms with Gasteiger partial charge < -0.3 is 19.3 Å². The van der Waals surface area contributed by atoms with Crippen molar-refractivity contribution in [3.63, 3.8) is 0 Å². The van der Waals surface area contributed by atoms with Gasteiger partial charge in [-0.3, -0.25) is 4.79 Å². The second-order valence-corrected chi connectivity index (χ2v) is 7.38. The first-order valence-corrected chi connectivity index (χ1v) is 10.2. The molecule has 0 saturated heterocycles. The number of anilines is 1. The van der Waals surface area contributed by atoms with Gasteiger partial charge in [0, 0.05) is 21.8 Å². The van der Waals surface area contributed by atoms with Crippen molar-refractivity contribution in [2.45, 2.75) is 6.92 Å². The molecule has 32 heavy (non-hydrogen) atoms. The highest BCUT2D eigenvalue weighted by Gasteiger charge is 2.11. The Balaban J connectivity index is 1.36. The summed E-state index contributed by atoms with van der Waals surface area (Å²) in [4.78, 5) is 16.6. The van der Waals surface area contributed by atoms with Gasteiger partial charge in [-0.15, -0.1) is 0 Å². The van der Waals surface area contributed by atoms with Crippen molar-refractivity contribution in [2.75, 3.05) is 19.0 Å². The predicted molar refractivity (Wildman–Crippen MR) is 122 cm³/mol. The summed E-state index contributed by atoms with van der Waals surface area (Å²) in [5, 5.41) is 7.47. The van der Waals surface area contributed by atoms with Crippen LogP contribution in [0.4, 0.5) is 5.69 Å². The van der Waals surface area contributed by atoms with Gasteiger partial charge in [0.1, 0.15) is 11.5 Å². The minimum atomic E-state index is -0.273. The first kappa shape index (κ1) is 21.4. The van der Waals surface area contributed by atoms with E-state index in [0.717, 1.165) is 22.4 Å². The summed E-state index contributed by atoms with van der Waals surface area (Å²) in [6, 6.07) is 19.8. The molecule has 4 rings (SSSR count). The largest absolute Gasteiger partial charge is 0.497 e. The predicted octanol–water partition coefficient (Wildman–Crippen LogP) is 5.39. The Morgan fingerprint density at radius 3 is 2.38 bits per heavy atom. The monoisotopic (exact) mass is 449 g/mol. The lowest BCUT2D eigenvalue weighted by Crippen LogP contribution is -2.20. The van der Waals surface area contributed by atoms with Crippen LogP contribution in [0.5, 0.6) is 11.5 Å². The quantitative estimate of drug-likeness (QED) is 0.407. The lowest BCUT2D eigenvalue weighted by Gasteiger charge is -2.09. The Morgan fingerprint density at radius 2 is 1.69 bits per heavy atom. The molecule has 4 aromatic rings. The van der Waals surface area contributed by atoms with Gasteiger partial charge in [-0.25, -0.2) is 0 Å². The minimum absolute atomic E-state index is 0.113. The van der Waals surface area contributed by atoms with Crippen LogP contribution in [0.15, 0.2) is 71.3 Å². The topological polar surface area (TPSA) is 86.5 Å². The molecule has 0 radical (unpaired) electrons. The minimum Gasteiger partial charge on any atom is -0.497 e. The average Bonchev–Trinajstić information content (AvgIpc) is 3.31. The molecule has 0 aliphatic rings. The van der Waals surface area contributed by atoms with E-state index in [-0.39, 0.29) is 12.5 Å². The Kier molecular flexibility index (Phi) is 6.37. The Bertz CT molecular complexity index is 1220. The van der Waals surface area contributed by atoms with Crippen molar-refractivity contribution in [2.24, 2.45) is 0 Å². The van der Waals surface area contributed by atoms with Gasteiger partial charge in [0.2, 0.25) is 5.82 Å². The van der Waals surface area contributed by atoms with Crippen LogP contribution in [0.25, 0.3) is 22.8 Å². The Morgan fingerprint density at radius 1 is 1.00 bits per heavy atom. The van der Waals surface area contributed by atoms with Gasteiger partial charge in [-0.2, -0.15) is 4.98 Å². The summed E-state index contributed by atoms with van der Waals surface area (Å²) in [6.45, 7) is 1.76. The standard InChI is InChI=1S/C24H20ClN3O4/c1-15-13-20(11-12-21(15)25)31-14-22(29)26-18-7-3-17(4-8-18)24-27-23(28-32-24)16-5-9-19(30-2)10-6-16/h3-13H,14H2,1-2H3,(H,26,29). The summed E-state index contributed by atoms with van der Waals surface area (Å²) < 4.78 is 16.1. The molecule has 1 amide bonds. The first-order valence-electron chi connectivity index (χ1n) is 9.79. The molecule has 7 nitrogen and oxygen atoms in total. The van der Waals surface area contributed by atoms with Crippen molar-refractivity contribution in [3.8, 4) is 34.3 Å². The molecule has 1 N–H and O–H groups in total. The van der Waals surface area contributed by atoms with Gasteiger partial charge in [-0.05, 0) is 79.2 Å². The SMILES string of the molecule is COc1ccc(-c2noc(-c3ccc(NC(=O)COc4ccc(Cl)c(C)c4)cc3)n2)cc1. The summed E-state index contributed by atoms with van der Waals surface area (Å²) in [6.07, 6.45) is 0. The number of hydrogen-bond donors (Lipinski definition) is 1. The number of aryl methyl sites for hydroxylation is 1. The van der Waals surface area contributed by atoms with Crippen molar-refractivity contribution in [1.29, 1.82) is 0 Å². The number of carbonyl (C=O) groups excluding carboxylic acids is 1. The molecule has 0 atom stereocenters. The highest BCUT2D eigenvalue weighted by molar-refractivity contribution is 6.31. The highest BCUT2D eigenvalue weighted by Crippen LogP contribution is 2.25. The number of aromatic nitrogens is 2. The summed E-state index contributed by atoms with van der Waals surface area (Å²) in [5.74, 6) is 1.93. The number of rotatable bonds is 7. The smallest absolute Gasteiger partial charge is 0.262 e. The van der Waals surface area contributed by atoms with Gasteiger partial charge in [0.15, 0.2) is 6.61 Å². The van der Waals surface area contributed by atoms with E-state index in [2.05, 4.69) is 15.5 Å². The van der Waals surface area contributed by atoms with E-state index in [9.17, 15) is 4.79 Å². The van der Waals surface area contributed by atoms with Crippen LogP contribution in [0.3, 0.4) is 0 Å². The zero-order chi connectivity index (χ0) is 22.5. The van der Waals surface area contributed by atoms with Gasteiger partial charge >= 0.3 is 0 Å². The van der Waals surface area contributed by atoms with E-state index in [4.69, 9.17) is 25.6 Å². The number of ether oxygens (including phenoxy) is 2. The van der Waals surface area contributed by atoms with E-state index in [1.807, 2.05) is 31.2 Å². The molecule has 0 fully saturated rings. The molecule has 0 saturated carbocycles. The van der Waals surface area contributed by atoms with Crippen LogP contribution in [0, 0.1) is 6.92 Å². The zero-order valence-electron chi connectivity index (χ0n) is 17.5. The van der Waals surface area contributed by atoms with Crippen LogP contribution in [0.1, 0.15) is 5.56 Å². The van der Waals surface area contributed by atoms with Gasteiger partial charge in [0.05, 0.1) is 7.11 Å². The van der Waals surface area contributed by atoms with Crippen LogP contribution >= 0.6 is 11.6 Å². The molecule has 0 unspecified atom stereocenters. The fourth-order valence-corrected chi connectivity index (χ4v) is 3.06. The number of hydrogen-bond acceptors (Lipinski definition) is 6. The maximum atomic E-state index is 12.2. The Labute approximate surface area is 189 Å². The van der Waals surface area contributed by atoms with Crippen molar-refractivity contribution < 1.29 is 18.8 Å². The second kappa shape index (κ2) is 9.53. The maximum absolute atomic E-state index is 12.2. The molecular weight excluding hydrogens is 430 g/mol. The average molecular weight is 450 g/mol. The third kappa shape index (κ3) is 5.07. The van der Waals surface area contributed by atoms with Crippen LogP contribution in [-0.2, 0) is 4.79 Å². The molecule has 1 aromatic heterocycles. The van der Waals surface area contributed by atoms with Crippen LogP contribution in [0.2, 0.25) is 5.02 Å². The van der Waals surface area contributed by atoms with E-state index < -0.39 is 0 Å². The third-order valence-electron chi connectivity index (χ3n) is 4.69. The molecule has 0 aliphatic carbocycles. The molecular formula is C24H20ClN3O4. The van der Waals surface area contributed by atoms with Crippen molar-refractivity contribution in [3.05, 3.63) is 77.3 Å². The molecule has 1 heterocycles. The zero-order valence-corrected chi connectivity index (χ0v) is 18.2. The van der Waals surface area contributed by atoms with E-state index >= 15 is 0 Å². The third-order valence-corrected chi connectivity index (χ3v) is 5.11. The molecule has 0 spiro atoms. The fraction of sp³-hybridized carbons (Fsp3) is 0.125. The maximum Gasteiger partial charge on any atom is 0.262 e. The van der Waals surface area contributed by atoms with E-state index in [1.54, 1.807) is 49.6 Å². The Hall–Kier alpha value is -3.84. The lowest BCUT2D eigenvalue weighted by atomic mass is 10.2. The number of nitrogens with one attached hydrogen (secondary N) is 1. The van der Waals surface area contributed by atoms with Crippen molar-refractivity contribution in [1.82, 2.24) is 10.1 Å². The number of methoxy groups -OCH3 is 1.